The van der Waals surface area contributed by atoms with Gasteiger partial charge in [-0.05, 0) is 13.8 Å². The van der Waals surface area contributed by atoms with Gasteiger partial charge >= 0.3 is 0 Å². The average molecular weight is 311 g/mol. The van der Waals surface area contributed by atoms with E-state index in [0.29, 0.717) is 22.9 Å². The first-order chi connectivity index (χ1) is 10.0. The van der Waals surface area contributed by atoms with Gasteiger partial charge in [0.05, 0.1) is 19.0 Å². The van der Waals surface area contributed by atoms with Gasteiger partial charge in [0.15, 0.2) is 16.6 Å². The molecule has 4 rings (SSSR count). The Kier molecular flexibility index (Phi) is 2.94. The lowest BCUT2D eigenvalue weighted by molar-refractivity contribution is -0.293. The third kappa shape index (κ3) is 2.20. The number of aromatic nitrogens is 4. The number of imidazole rings is 1. The van der Waals surface area contributed by atoms with Gasteiger partial charge < -0.3 is 14.2 Å². The normalized spacial score (nSPS) is 31.5. The maximum Gasteiger partial charge on any atom is 0.166 e. The van der Waals surface area contributed by atoms with Crippen molar-refractivity contribution in [2.45, 2.75) is 44.5 Å². The SMILES string of the molecule is CC1(C)OC[C@H]2O[C@H](n3cnc4c(Cl)ncnc43)C[C@H]2O1. The Morgan fingerprint density at radius 1 is 1.29 bits per heavy atom. The lowest BCUT2D eigenvalue weighted by Gasteiger charge is -2.36. The molecule has 0 saturated carbocycles. The zero-order valence-corrected chi connectivity index (χ0v) is 12.4. The molecule has 0 spiro atoms. The number of halogens is 1. The molecule has 7 nitrogen and oxygen atoms in total. The van der Waals surface area contributed by atoms with E-state index < -0.39 is 5.79 Å². The molecule has 2 aliphatic rings. The second-order valence-electron chi connectivity index (χ2n) is 5.72. The predicted octanol–water partition coefficient (Wildman–Crippen LogP) is 1.92. The molecule has 0 radical (unpaired) electrons. The highest BCUT2D eigenvalue weighted by Crippen LogP contribution is 2.38. The summed E-state index contributed by atoms with van der Waals surface area (Å²) in [5, 5.41) is 0.342. The van der Waals surface area contributed by atoms with Crippen LogP contribution in [0.15, 0.2) is 12.7 Å². The summed E-state index contributed by atoms with van der Waals surface area (Å²) in [6.45, 7) is 4.35. The highest BCUT2D eigenvalue weighted by molar-refractivity contribution is 6.33. The molecule has 2 aromatic heterocycles. The summed E-state index contributed by atoms with van der Waals surface area (Å²) in [7, 11) is 0. The summed E-state index contributed by atoms with van der Waals surface area (Å²) < 4.78 is 19.4. The van der Waals surface area contributed by atoms with E-state index in [4.69, 9.17) is 25.8 Å². The van der Waals surface area contributed by atoms with E-state index >= 15 is 0 Å². The molecule has 0 amide bonds. The van der Waals surface area contributed by atoms with E-state index in [-0.39, 0.29) is 18.4 Å². The lowest BCUT2D eigenvalue weighted by Crippen LogP contribution is -2.46. The first kappa shape index (κ1) is 13.4. The third-order valence-corrected chi connectivity index (χ3v) is 4.11. The van der Waals surface area contributed by atoms with Crippen LogP contribution in [0.25, 0.3) is 11.2 Å². The standard InChI is InChI=1S/C13H15ClN4O3/c1-13(2)19-4-8-7(21-13)3-9(20-8)18-6-17-10-11(14)15-5-16-12(10)18/h5-9H,3-4H2,1-2H3/t7-,8-,9+/m1/s1. The van der Waals surface area contributed by atoms with Crippen molar-refractivity contribution in [3.05, 3.63) is 17.8 Å². The number of ether oxygens (including phenoxy) is 3. The summed E-state index contributed by atoms with van der Waals surface area (Å²) in [6, 6.07) is 0. The van der Waals surface area contributed by atoms with Crippen molar-refractivity contribution in [2.75, 3.05) is 6.61 Å². The van der Waals surface area contributed by atoms with Crippen LogP contribution in [-0.4, -0.2) is 44.1 Å². The Morgan fingerprint density at radius 3 is 3.00 bits per heavy atom. The molecule has 2 saturated heterocycles. The molecule has 21 heavy (non-hydrogen) atoms. The summed E-state index contributed by atoms with van der Waals surface area (Å²) in [5.41, 5.74) is 1.24. The van der Waals surface area contributed by atoms with Crippen molar-refractivity contribution >= 4 is 22.8 Å². The number of rotatable bonds is 1. The highest BCUT2D eigenvalue weighted by atomic mass is 35.5. The number of hydrogen-bond acceptors (Lipinski definition) is 6. The van der Waals surface area contributed by atoms with Crippen LogP contribution >= 0.6 is 11.6 Å². The molecule has 4 heterocycles. The van der Waals surface area contributed by atoms with Crippen LogP contribution in [0.3, 0.4) is 0 Å². The Hall–Kier alpha value is -1.28. The zero-order valence-electron chi connectivity index (χ0n) is 11.7. The average Bonchev–Trinajstić information content (AvgIpc) is 3.01. The van der Waals surface area contributed by atoms with Crippen molar-refractivity contribution < 1.29 is 14.2 Å². The first-order valence-electron chi connectivity index (χ1n) is 6.84. The lowest BCUT2D eigenvalue weighted by atomic mass is 10.1. The van der Waals surface area contributed by atoms with Gasteiger partial charge in [0.2, 0.25) is 0 Å². The minimum absolute atomic E-state index is 0.00788. The van der Waals surface area contributed by atoms with Gasteiger partial charge in [-0.25, -0.2) is 15.0 Å². The zero-order chi connectivity index (χ0) is 14.6. The topological polar surface area (TPSA) is 71.3 Å². The molecule has 0 N–H and O–H groups in total. The van der Waals surface area contributed by atoms with E-state index in [1.165, 1.54) is 6.33 Å². The van der Waals surface area contributed by atoms with Gasteiger partial charge in [0, 0.05) is 6.42 Å². The van der Waals surface area contributed by atoms with Crippen LogP contribution in [0, 0.1) is 0 Å². The molecule has 112 valence electrons. The van der Waals surface area contributed by atoms with Crippen LogP contribution in [0.2, 0.25) is 5.15 Å². The number of hydrogen-bond donors (Lipinski definition) is 0. The fourth-order valence-corrected chi connectivity index (χ4v) is 3.04. The van der Waals surface area contributed by atoms with E-state index in [2.05, 4.69) is 15.0 Å². The van der Waals surface area contributed by atoms with E-state index in [1.807, 2.05) is 18.4 Å². The second-order valence-corrected chi connectivity index (χ2v) is 6.08. The van der Waals surface area contributed by atoms with Gasteiger partial charge in [-0.3, -0.25) is 4.57 Å². The van der Waals surface area contributed by atoms with Crippen molar-refractivity contribution in [3.63, 3.8) is 0 Å². The van der Waals surface area contributed by atoms with Gasteiger partial charge in [-0.15, -0.1) is 0 Å². The smallest absolute Gasteiger partial charge is 0.166 e. The predicted molar refractivity (Wildman–Crippen MR) is 73.8 cm³/mol. The van der Waals surface area contributed by atoms with Gasteiger partial charge in [-0.1, -0.05) is 11.6 Å². The molecular formula is C13H15ClN4O3. The fourth-order valence-electron chi connectivity index (χ4n) is 2.86. The first-order valence-corrected chi connectivity index (χ1v) is 7.21. The van der Waals surface area contributed by atoms with Crippen LogP contribution in [0.5, 0.6) is 0 Å². The molecule has 0 aliphatic carbocycles. The molecular weight excluding hydrogens is 296 g/mol. The van der Waals surface area contributed by atoms with E-state index in [1.54, 1.807) is 6.33 Å². The molecule has 8 heteroatoms. The molecule has 2 aromatic rings. The molecule has 0 unspecified atom stereocenters. The monoisotopic (exact) mass is 310 g/mol. The molecule has 2 fully saturated rings. The van der Waals surface area contributed by atoms with Crippen molar-refractivity contribution in [1.29, 1.82) is 0 Å². The minimum Gasteiger partial charge on any atom is -0.349 e. The maximum atomic E-state index is 6.02. The summed E-state index contributed by atoms with van der Waals surface area (Å²) in [4.78, 5) is 12.4. The Labute approximate surface area is 126 Å². The second kappa shape index (κ2) is 4.61. The Balaban J connectivity index is 1.64. The largest absolute Gasteiger partial charge is 0.349 e. The quantitative estimate of drug-likeness (QED) is 0.749. The minimum atomic E-state index is -0.568. The summed E-state index contributed by atoms with van der Waals surface area (Å²) in [6.07, 6.45) is 3.58. The van der Waals surface area contributed by atoms with Crippen LogP contribution in [-0.2, 0) is 14.2 Å². The molecule has 2 aliphatic heterocycles. The fraction of sp³-hybridized carbons (Fsp3) is 0.615. The Bertz CT molecular complexity index is 689. The van der Waals surface area contributed by atoms with Crippen molar-refractivity contribution in [1.82, 2.24) is 19.5 Å². The van der Waals surface area contributed by atoms with Gasteiger partial charge in [0.25, 0.3) is 0 Å². The molecule has 3 atom stereocenters. The number of fused-ring (bicyclic) bond motifs is 2. The maximum absolute atomic E-state index is 6.02. The molecule has 0 aromatic carbocycles. The Morgan fingerprint density at radius 2 is 2.14 bits per heavy atom. The van der Waals surface area contributed by atoms with E-state index in [9.17, 15) is 0 Å². The van der Waals surface area contributed by atoms with Gasteiger partial charge in [-0.2, -0.15) is 0 Å². The summed E-state index contributed by atoms with van der Waals surface area (Å²) in [5.74, 6) is -0.568. The molecule has 0 bridgehead atoms. The van der Waals surface area contributed by atoms with E-state index in [0.717, 1.165) is 6.42 Å². The third-order valence-electron chi connectivity index (χ3n) is 3.84. The number of nitrogens with zero attached hydrogens (tertiary/aromatic N) is 4. The summed E-state index contributed by atoms with van der Waals surface area (Å²) >= 11 is 6.02. The van der Waals surface area contributed by atoms with Gasteiger partial charge in [0.1, 0.15) is 24.2 Å². The van der Waals surface area contributed by atoms with Crippen molar-refractivity contribution in [3.8, 4) is 0 Å². The van der Waals surface area contributed by atoms with Crippen LogP contribution in [0.1, 0.15) is 26.5 Å². The van der Waals surface area contributed by atoms with Crippen LogP contribution in [0.4, 0.5) is 0 Å². The van der Waals surface area contributed by atoms with Crippen molar-refractivity contribution in [2.24, 2.45) is 0 Å². The highest BCUT2D eigenvalue weighted by Gasteiger charge is 2.45. The van der Waals surface area contributed by atoms with Crippen LogP contribution < -0.4 is 0 Å².